The SMILES string of the molecule is Oc1ccc(OCc2ccccc2)cc1CCl. The molecule has 0 aliphatic rings. The molecule has 88 valence electrons. The average molecular weight is 249 g/mol. The van der Waals surface area contributed by atoms with Crippen LogP contribution in [0.1, 0.15) is 11.1 Å². The van der Waals surface area contributed by atoms with Gasteiger partial charge in [-0.15, -0.1) is 11.6 Å². The number of phenolic OH excluding ortho intramolecular Hbond substituents is 1. The number of benzene rings is 2. The summed E-state index contributed by atoms with van der Waals surface area (Å²) in [5.41, 5.74) is 1.78. The van der Waals surface area contributed by atoms with Gasteiger partial charge in [-0.3, -0.25) is 0 Å². The molecule has 2 nitrogen and oxygen atoms in total. The van der Waals surface area contributed by atoms with Crippen molar-refractivity contribution in [3.63, 3.8) is 0 Å². The van der Waals surface area contributed by atoms with Crippen molar-refractivity contribution in [2.75, 3.05) is 0 Å². The molecule has 0 amide bonds. The molecule has 0 saturated carbocycles. The summed E-state index contributed by atoms with van der Waals surface area (Å²) >= 11 is 5.71. The van der Waals surface area contributed by atoms with Gasteiger partial charge in [0.2, 0.25) is 0 Å². The van der Waals surface area contributed by atoms with E-state index in [0.717, 1.165) is 5.56 Å². The molecule has 0 radical (unpaired) electrons. The topological polar surface area (TPSA) is 29.5 Å². The van der Waals surface area contributed by atoms with Gasteiger partial charge in [0.1, 0.15) is 18.1 Å². The van der Waals surface area contributed by atoms with E-state index in [4.69, 9.17) is 16.3 Å². The second kappa shape index (κ2) is 5.60. The van der Waals surface area contributed by atoms with E-state index in [1.807, 2.05) is 30.3 Å². The first-order chi connectivity index (χ1) is 8.29. The first-order valence-electron chi connectivity index (χ1n) is 5.34. The normalized spacial score (nSPS) is 10.2. The lowest BCUT2D eigenvalue weighted by Crippen LogP contribution is -1.95. The zero-order valence-corrected chi connectivity index (χ0v) is 10.0. The lowest BCUT2D eigenvalue weighted by Gasteiger charge is -2.08. The first-order valence-corrected chi connectivity index (χ1v) is 5.87. The van der Waals surface area contributed by atoms with E-state index in [9.17, 15) is 5.11 Å². The number of phenols is 1. The van der Waals surface area contributed by atoms with Crippen molar-refractivity contribution < 1.29 is 9.84 Å². The molecule has 2 rings (SSSR count). The second-order valence-electron chi connectivity index (χ2n) is 3.70. The van der Waals surface area contributed by atoms with Gasteiger partial charge in [-0.1, -0.05) is 30.3 Å². The highest BCUT2D eigenvalue weighted by atomic mass is 35.5. The highest BCUT2D eigenvalue weighted by Gasteiger charge is 2.02. The van der Waals surface area contributed by atoms with Crippen LogP contribution in [0.2, 0.25) is 0 Å². The number of halogens is 1. The Hall–Kier alpha value is -1.67. The monoisotopic (exact) mass is 248 g/mol. The molecule has 0 bridgehead atoms. The Labute approximate surface area is 105 Å². The molecule has 0 aliphatic carbocycles. The zero-order chi connectivity index (χ0) is 12.1. The van der Waals surface area contributed by atoms with Crippen LogP contribution in [-0.4, -0.2) is 5.11 Å². The molecule has 3 heteroatoms. The largest absolute Gasteiger partial charge is 0.508 e. The summed E-state index contributed by atoms with van der Waals surface area (Å²) in [7, 11) is 0. The molecule has 2 aromatic carbocycles. The average Bonchev–Trinajstić information content (AvgIpc) is 2.39. The molecule has 0 aromatic heterocycles. The van der Waals surface area contributed by atoms with Crippen LogP contribution in [0.5, 0.6) is 11.5 Å². The molecule has 0 spiro atoms. The van der Waals surface area contributed by atoms with Gasteiger partial charge < -0.3 is 9.84 Å². The van der Waals surface area contributed by atoms with Crippen molar-refractivity contribution in [2.45, 2.75) is 12.5 Å². The smallest absolute Gasteiger partial charge is 0.120 e. The minimum atomic E-state index is 0.201. The second-order valence-corrected chi connectivity index (χ2v) is 3.97. The van der Waals surface area contributed by atoms with E-state index in [0.29, 0.717) is 17.9 Å². The predicted octanol–water partition coefficient (Wildman–Crippen LogP) is 3.71. The number of rotatable bonds is 4. The van der Waals surface area contributed by atoms with Crippen LogP contribution in [0.4, 0.5) is 0 Å². The van der Waals surface area contributed by atoms with Gasteiger partial charge in [0.05, 0.1) is 5.88 Å². The maximum absolute atomic E-state index is 9.48. The van der Waals surface area contributed by atoms with Crippen LogP contribution < -0.4 is 4.74 Å². The zero-order valence-electron chi connectivity index (χ0n) is 9.27. The molecule has 0 aliphatic heterocycles. The lowest BCUT2D eigenvalue weighted by atomic mass is 10.2. The van der Waals surface area contributed by atoms with Crippen molar-refractivity contribution in [2.24, 2.45) is 0 Å². The number of hydrogen-bond acceptors (Lipinski definition) is 2. The van der Waals surface area contributed by atoms with Crippen LogP contribution in [-0.2, 0) is 12.5 Å². The van der Waals surface area contributed by atoms with Gasteiger partial charge in [-0.25, -0.2) is 0 Å². The maximum Gasteiger partial charge on any atom is 0.120 e. The third-order valence-corrected chi connectivity index (χ3v) is 2.73. The molecule has 0 heterocycles. The van der Waals surface area contributed by atoms with E-state index in [1.54, 1.807) is 18.2 Å². The minimum absolute atomic E-state index is 0.201. The molecule has 0 fully saturated rings. The fourth-order valence-electron chi connectivity index (χ4n) is 1.50. The Balaban J connectivity index is 2.04. The van der Waals surface area contributed by atoms with Crippen LogP contribution in [0.3, 0.4) is 0 Å². The number of alkyl halides is 1. The summed E-state index contributed by atoms with van der Waals surface area (Å²) in [6, 6.07) is 15.0. The predicted molar refractivity (Wildman–Crippen MR) is 68.4 cm³/mol. The molecule has 17 heavy (non-hydrogen) atoms. The number of ether oxygens (including phenoxy) is 1. The minimum Gasteiger partial charge on any atom is -0.508 e. The molecule has 0 saturated heterocycles. The summed E-state index contributed by atoms with van der Waals surface area (Å²) in [5, 5.41) is 9.48. The van der Waals surface area contributed by atoms with Crippen molar-refractivity contribution in [1.29, 1.82) is 0 Å². The van der Waals surface area contributed by atoms with Crippen molar-refractivity contribution in [3.05, 3.63) is 59.7 Å². The van der Waals surface area contributed by atoms with Crippen LogP contribution in [0.25, 0.3) is 0 Å². The Morgan fingerprint density at radius 1 is 1.06 bits per heavy atom. The van der Waals surface area contributed by atoms with Crippen LogP contribution in [0.15, 0.2) is 48.5 Å². The van der Waals surface area contributed by atoms with Gasteiger partial charge in [0.25, 0.3) is 0 Å². The Morgan fingerprint density at radius 3 is 2.53 bits per heavy atom. The molecular weight excluding hydrogens is 236 g/mol. The lowest BCUT2D eigenvalue weighted by molar-refractivity contribution is 0.305. The van der Waals surface area contributed by atoms with Gasteiger partial charge >= 0.3 is 0 Å². The Kier molecular flexibility index (Phi) is 3.89. The summed E-state index contributed by atoms with van der Waals surface area (Å²) in [6.45, 7) is 0.507. The Morgan fingerprint density at radius 2 is 1.82 bits per heavy atom. The Bertz CT molecular complexity index is 483. The van der Waals surface area contributed by atoms with E-state index < -0.39 is 0 Å². The first kappa shape index (κ1) is 11.8. The quantitative estimate of drug-likeness (QED) is 0.836. The van der Waals surface area contributed by atoms with E-state index in [2.05, 4.69) is 0 Å². The van der Waals surface area contributed by atoms with Crippen LogP contribution >= 0.6 is 11.6 Å². The third kappa shape index (κ3) is 3.14. The van der Waals surface area contributed by atoms with Crippen LogP contribution in [0, 0.1) is 0 Å². The molecule has 2 aromatic rings. The van der Waals surface area contributed by atoms with Gasteiger partial charge in [0, 0.05) is 5.56 Å². The number of aromatic hydroxyl groups is 1. The fraction of sp³-hybridized carbons (Fsp3) is 0.143. The number of hydrogen-bond donors (Lipinski definition) is 1. The summed E-state index contributed by atoms with van der Waals surface area (Å²) in [6.07, 6.45) is 0. The maximum atomic E-state index is 9.48. The standard InChI is InChI=1S/C14H13ClO2/c15-9-12-8-13(6-7-14(12)16)17-10-11-4-2-1-3-5-11/h1-8,16H,9-10H2. The van der Waals surface area contributed by atoms with E-state index in [1.165, 1.54) is 0 Å². The van der Waals surface area contributed by atoms with Crippen molar-refractivity contribution in [3.8, 4) is 11.5 Å². The van der Waals surface area contributed by atoms with E-state index >= 15 is 0 Å². The van der Waals surface area contributed by atoms with Gasteiger partial charge in [0.15, 0.2) is 0 Å². The molecule has 0 unspecified atom stereocenters. The third-order valence-electron chi connectivity index (χ3n) is 2.44. The molecule has 1 N–H and O–H groups in total. The van der Waals surface area contributed by atoms with Gasteiger partial charge in [-0.2, -0.15) is 0 Å². The van der Waals surface area contributed by atoms with Crippen molar-refractivity contribution >= 4 is 11.6 Å². The van der Waals surface area contributed by atoms with Gasteiger partial charge in [-0.05, 0) is 23.8 Å². The highest BCUT2D eigenvalue weighted by molar-refractivity contribution is 6.17. The summed E-state index contributed by atoms with van der Waals surface area (Å²) in [5.74, 6) is 1.18. The molecule has 0 atom stereocenters. The fourth-order valence-corrected chi connectivity index (χ4v) is 1.71. The van der Waals surface area contributed by atoms with Crippen molar-refractivity contribution in [1.82, 2.24) is 0 Å². The highest BCUT2D eigenvalue weighted by Crippen LogP contribution is 2.24. The molecular formula is C14H13ClO2. The summed E-state index contributed by atoms with van der Waals surface area (Å²) < 4.78 is 5.62. The summed E-state index contributed by atoms with van der Waals surface area (Å²) in [4.78, 5) is 0. The van der Waals surface area contributed by atoms with E-state index in [-0.39, 0.29) is 11.6 Å².